The van der Waals surface area contributed by atoms with E-state index in [2.05, 4.69) is 0 Å². The van der Waals surface area contributed by atoms with Crippen LogP contribution in [0.1, 0.15) is 31.0 Å². The summed E-state index contributed by atoms with van der Waals surface area (Å²) in [4.78, 5) is 37.1. The first kappa shape index (κ1) is 19.3. The Labute approximate surface area is 151 Å². The van der Waals surface area contributed by atoms with Gasteiger partial charge in [0.05, 0.1) is 25.9 Å². The Balaban J connectivity index is 2.54. The minimum atomic E-state index is -0.869. The molecule has 2 rings (SSSR count). The van der Waals surface area contributed by atoms with Crippen molar-refractivity contribution in [1.82, 2.24) is 10.0 Å². The molecule has 0 fully saturated rings. The van der Waals surface area contributed by atoms with E-state index in [1.807, 2.05) is 19.1 Å². The van der Waals surface area contributed by atoms with Crippen LogP contribution in [0.15, 0.2) is 36.0 Å². The van der Waals surface area contributed by atoms with Gasteiger partial charge in [-0.05, 0) is 26.3 Å². The van der Waals surface area contributed by atoms with Gasteiger partial charge in [0, 0.05) is 6.20 Å². The molecule has 0 N–H and O–H groups in total. The molecule has 1 unspecified atom stereocenters. The quantitative estimate of drug-likeness (QED) is 0.605. The summed E-state index contributed by atoms with van der Waals surface area (Å²) in [6.45, 7) is 5.44. The second kappa shape index (κ2) is 8.37. The van der Waals surface area contributed by atoms with Gasteiger partial charge in [0.1, 0.15) is 6.04 Å². The highest BCUT2D eigenvalue weighted by atomic mass is 16.6. The smallest absolute Gasteiger partial charge is 0.433 e. The van der Waals surface area contributed by atoms with Crippen LogP contribution in [-0.4, -0.2) is 48.5 Å². The summed E-state index contributed by atoms with van der Waals surface area (Å²) in [5.74, 6) is -0.656. The number of esters is 1. The van der Waals surface area contributed by atoms with Crippen molar-refractivity contribution >= 4 is 18.2 Å². The fourth-order valence-electron chi connectivity index (χ4n) is 2.59. The van der Waals surface area contributed by atoms with Gasteiger partial charge in [0.25, 0.3) is 0 Å². The molecule has 1 atom stereocenters. The van der Waals surface area contributed by atoms with Crippen LogP contribution in [0, 0.1) is 6.92 Å². The number of rotatable bonds is 4. The van der Waals surface area contributed by atoms with E-state index >= 15 is 0 Å². The van der Waals surface area contributed by atoms with Crippen molar-refractivity contribution in [1.29, 1.82) is 0 Å². The molecule has 1 aliphatic heterocycles. The molecular formula is C18H22N2O6. The van der Waals surface area contributed by atoms with E-state index in [0.717, 1.165) is 15.6 Å². The first-order valence-corrected chi connectivity index (χ1v) is 8.23. The number of hydrogen-bond acceptors (Lipinski definition) is 6. The zero-order valence-electron chi connectivity index (χ0n) is 15.2. The van der Waals surface area contributed by atoms with Gasteiger partial charge in [-0.1, -0.05) is 29.8 Å². The summed E-state index contributed by atoms with van der Waals surface area (Å²) in [6, 6.07) is 6.38. The van der Waals surface area contributed by atoms with Gasteiger partial charge in [-0.3, -0.25) is 0 Å². The van der Waals surface area contributed by atoms with Gasteiger partial charge in [0.15, 0.2) is 0 Å². The molecule has 8 heteroatoms. The van der Waals surface area contributed by atoms with Gasteiger partial charge in [-0.25, -0.2) is 14.4 Å². The largest absolute Gasteiger partial charge is 0.466 e. The van der Waals surface area contributed by atoms with Gasteiger partial charge >= 0.3 is 18.2 Å². The molecule has 0 bridgehead atoms. The van der Waals surface area contributed by atoms with Crippen LogP contribution in [0.4, 0.5) is 9.59 Å². The number of ether oxygens (including phenoxy) is 3. The molecule has 0 spiro atoms. The van der Waals surface area contributed by atoms with Crippen molar-refractivity contribution in [3.05, 3.63) is 47.2 Å². The van der Waals surface area contributed by atoms with E-state index in [-0.39, 0.29) is 18.8 Å². The lowest BCUT2D eigenvalue weighted by Gasteiger charge is -2.31. The summed E-state index contributed by atoms with van der Waals surface area (Å²) in [5, 5.41) is 2.00. The molecule has 0 radical (unpaired) electrons. The first-order chi connectivity index (χ1) is 12.4. The maximum absolute atomic E-state index is 12.5. The molecule has 2 amide bonds. The van der Waals surface area contributed by atoms with E-state index in [9.17, 15) is 14.4 Å². The molecule has 140 valence electrons. The van der Waals surface area contributed by atoms with Crippen LogP contribution in [-0.2, 0) is 19.0 Å². The van der Waals surface area contributed by atoms with Gasteiger partial charge in [-0.2, -0.15) is 10.0 Å². The predicted octanol–water partition coefficient (Wildman–Crippen LogP) is 2.94. The van der Waals surface area contributed by atoms with Gasteiger partial charge in [0.2, 0.25) is 0 Å². The molecule has 0 saturated heterocycles. The third kappa shape index (κ3) is 3.79. The molecule has 1 aromatic rings. The summed E-state index contributed by atoms with van der Waals surface area (Å²) in [7, 11) is 1.23. The molecule has 0 saturated carbocycles. The number of benzene rings is 1. The first-order valence-electron chi connectivity index (χ1n) is 8.23. The molecule has 26 heavy (non-hydrogen) atoms. The average Bonchev–Trinajstić information content (AvgIpc) is 3.03. The Kier molecular flexibility index (Phi) is 6.21. The number of carbonyl (C=O) groups excluding carboxylic acids is 3. The van der Waals surface area contributed by atoms with Crippen LogP contribution in [0.2, 0.25) is 0 Å². The monoisotopic (exact) mass is 362 g/mol. The van der Waals surface area contributed by atoms with Crippen molar-refractivity contribution < 1.29 is 28.6 Å². The Bertz CT molecular complexity index is 713. The minimum Gasteiger partial charge on any atom is -0.466 e. The van der Waals surface area contributed by atoms with Crippen molar-refractivity contribution in [2.75, 3.05) is 20.3 Å². The average molecular weight is 362 g/mol. The molecular weight excluding hydrogens is 340 g/mol. The lowest BCUT2D eigenvalue weighted by atomic mass is 9.99. The summed E-state index contributed by atoms with van der Waals surface area (Å²) < 4.78 is 14.9. The molecule has 8 nitrogen and oxygen atoms in total. The molecule has 0 aromatic heterocycles. The second-order valence-corrected chi connectivity index (χ2v) is 5.48. The standard InChI is InChI=1S/C18H22N2O6/c1-5-25-17(22)19-11-14(16(21)24-4)15(20(19)18(23)26-6-2)13-9-7-12(3)8-10-13/h7-11,15H,5-6H2,1-4H3. The van der Waals surface area contributed by atoms with E-state index in [1.54, 1.807) is 26.0 Å². The zero-order chi connectivity index (χ0) is 19.3. The summed E-state index contributed by atoms with van der Waals surface area (Å²) in [5.41, 5.74) is 1.77. The van der Waals surface area contributed by atoms with Crippen LogP contribution < -0.4 is 0 Å². The lowest BCUT2D eigenvalue weighted by molar-refractivity contribution is -0.136. The number of hydrogen-bond donors (Lipinski definition) is 0. The normalized spacial score (nSPS) is 16.2. The Hall–Kier alpha value is -3.03. The number of methoxy groups -OCH3 is 1. The minimum absolute atomic E-state index is 0.111. The van der Waals surface area contributed by atoms with E-state index in [1.165, 1.54) is 13.3 Å². The third-order valence-electron chi connectivity index (χ3n) is 3.76. The topological polar surface area (TPSA) is 85.4 Å². The van der Waals surface area contributed by atoms with Crippen LogP contribution >= 0.6 is 0 Å². The molecule has 1 heterocycles. The fraction of sp³-hybridized carbons (Fsp3) is 0.389. The second-order valence-electron chi connectivity index (χ2n) is 5.48. The van der Waals surface area contributed by atoms with Gasteiger partial charge < -0.3 is 14.2 Å². The molecule has 0 aliphatic carbocycles. The Morgan fingerprint density at radius 3 is 2.12 bits per heavy atom. The number of carbonyl (C=O) groups is 3. The number of hydrazine groups is 1. The highest BCUT2D eigenvalue weighted by Gasteiger charge is 2.45. The lowest BCUT2D eigenvalue weighted by Crippen LogP contribution is -2.46. The highest BCUT2D eigenvalue weighted by Crippen LogP contribution is 2.37. The predicted molar refractivity (Wildman–Crippen MR) is 91.7 cm³/mol. The number of aryl methyl sites for hydroxylation is 1. The van der Waals surface area contributed by atoms with E-state index < -0.39 is 24.2 Å². The van der Waals surface area contributed by atoms with Crippen LogP contribution in [0.3, 0.4) is 0 Å². The number of amides is 2. The summed E-state index contributed by atoms with van der Waals surface area (Å²) >= 11 is 0. The van der Waals surface area contributed by atoms with Crippen molar-refractivity contribution in [2.45, 2.75) is 26.8 Å². The Morgan fingerprint density at radius 2 is 1.58 bits per heavy atom. The van der Waals surface area contributed by atoms with Crippen molar-refractivity contribution in [2.24, 2.45) is 0 Å². The van der Waals surface area contributed by atoms with Crippen LogP contribution in [0.5, 0.6) is 0 Å². The summed E-state index contributed by atoms with van der Waals surface area (Å²) in [6.07, 6.45) is -0.330. The number of nitrogens with zero attached hydrogens (tertiary/aromatic N) is 2. The molecule has 1 aliphatic rings. The fourth-order valence-corrected chi connectivity index (χ4v) is 2.59. The third-order valence-corrected chi connectivity index (χ3v) is 3.76. The molecule has 1 aromatic carbocycles. The van der Waals surface area contributed by atoms with Gasteiger partial charge in [-0.15, -0.1) is 0 Å². The van der Waals surface area contributed by atoms with Crippen molar-refractivity contribution in [3.63, 3.8) is 0 Å². The SMILES string of the molecule is CCOC(=O)N1C=C(C(=O)OC)C(c2ccc(C)cc2)N1C(=O)OCC. The zero-order valence-corrected chi connectivity index (χ0v) is 15.2. The van der Waals surface area contributed by atoms with E-state index in [4.69, 9.17) is 14.2 Å². The van der Waals surface area contributed by atoms with Crippen molar-refractivity contribution in [3.8, 4) is 0 Å². The Morgan fingerprint density at radius 1 is 1.00 bits per heavy atom. The maximum Gasteiger partial charge on any atom is 0.433 e. The van der Waals surface area contributed by atoms with Crippen LogP contribution in [0.25, 0.3) is 0 Å². The van der Waals surface area contributed by atoms with E-state index in [0.29, 0.717) is 5.56 Å². The highest BCUT2D eigenvalue weighted by molar-refractivity contribution is 5.93. The maximum atomic E-state index is 12.5.